The van der Waals surface area contributed by atoms with Crippen LogP contribution in [0.5, 0.6) is 5.75 Å². The summed E-state index contributed by atoms with van der Waals surface area (Å²) >= 11 is 9.07. The van der Waals surface area contributed by atoms with Gasteiger partial charge in [0.05, 0.1) is 0 Å². The molecular weight excluding hydrogens is 402 g/mol. The smallest absolute Gasteiger partial charge is 0.264 e. The van der Waals surface area contributed by atoms with Crippen LogP contribution in [0.1, 0.15) is 16.7 Å². The number of aromatic nitrogens is 2. The van der Waals surface area contributed by atoms with E-state index in [4.69, 9.17) is 16.3 Å². The topological polar surface area (TPSA) is 64.1 Å². The first kappa shape index (κ1) is 19.7. The van der Waals surface area contributed by atoms with E-state index in [9.17, 15) is 4.79 Å². The Morgan fingerprint density at radius 2 is 1.89 bits per heavy atom. The van der Waals surface area contributed by atoms with Gasteiger partial charge < -0.3 is 4.74 Å². The molecule has 0 aliphatic rings. The van der Waals surface area contributed by atoms with E-state index in [0.717, 1.165) is 21.2 Å². The average molecular weight is 420 g/mol. The molecule has 0 aliphatic carbocycles. The van der Waals surface area contributed by atoms with Crippen LogP contribution >= 0.6 is 34.7 Å². The van der Waals surface area contributed by atoms with Gasteiger partial charge >= 0.3 is 0 Å². The number of aryl methyl sites for hydroxylation is 2. The van der Waals surface area contributed by atoms with Crippen molar-refractivity contribution in [2.75, 3.05) is 11.9 Å². The molecule has 0 spiro atoms. The molecule has 3 rings (SSSR count). The first-order valence-corrected chi connectivity index (χ1v) is 10.4. The summed E-state index contributed by atoms with van der Waals surface area (Å²) in [5.41, 5.74) is 3.04. The molecule has 2 aromatic carbocycles. The minimum Gasteiger partial charge on any atom is -0.484 e. The predicted molar refractivity (Wildman–Crippen MR) is 111 cm³/mol. The van der Waals surface area contributed by atoms with Crippen molar-refractivity contribution in [3.8, 4) is 5.75 Å². The zero-order valence-corrected chi connectivity index (χ0v) is 17.2. The second-order valence-electron chi connectivity index (χ2n) is 5.86. The third kappa shape index (κ3) is 5.69. The average Bonchev–Trinajstić information content (AvgIpc) is 3.11. The number of nitrogens with one attached hydrogen (secondary N) is 1. The van der Waals surface area contributed by atoms with Crippen LogP contribution in [0.4, 0.5) is 5.13 Å². The Morgan fingerprint density at radius 1 is 1.19 bits per heavy atom. The van der Waals surface area contributed by atoms with Crippen molar-refractivity contribution < 1.29 is 9.53 Å². The van der Waals surface area contributed by atoms with Gasteiger partial charge in [-0.2, -0.15) is 0 Å². The van der Waals surface area contributed by atoms with E-state index < -0.39 is 0 Å². The SMILES string of the molecule is Cc1cc(OCC(=O)Nc2nnc(SCc3ccccc3)s2)cc(C)c1Cl. The monoisotopic (exact) mass is 419 g/mol. The molecule has 5 nitrogen and oxygen atoms in total. The highest BCUT2D eigenvalue weighted by molar-refractivity contribution is 8.00. The zero-order valence-electron chi connectivity index (χ0n) is 14.9. The molecule has 1 aromatic heterocycles. The number of amides is 1. The number of halogens is 1. The standard InChI is InChI=1S/C19H18ClN3O2S2/c1-12-8-15(9-13(2)17(12)20)25-10-16(24)21-18-22-23-19(27-18)26-11-14-6-4-3-5-7-14/h3-9H,10-11H2,1-2H3,(H,21,22,24). The molecule has 0 radical (unpaired) electrons. The molecule has 1 N–H and O–H groups in total. The first-order valence-electron chi connectivity index (χ1n) is 8.21. The van der Waals surface area contributed by atoms with Gasteiger partial charge in [0.1, 0.15) is 5.75 Å². The van der Waals surface area contributed by atoms with Crippen LogP contribution in [-0.4, -0.2) is 22.7 Å². The Hall–Kier alpha value is -2.09. The first-order chi connectivity index (χ1) is 13.0. The number of carbonyl (C=O) groups excluding carboxylic acids is 1. The minimum atomic E-state index is -0.281. The van der Waals surface area contributed by atoms with Gasteiger partial charge in [0, 0.05) is 10.8 Å². The highest BCUT2D eigenvalue weighted by Gasteiger charge is 2.10. The van der Waals surface area contributed by atoms with E-state index >= 15 is 0 Å². The molecular formula is C19H18ClN3O2S2. The fraction of sp³-hybridized carbons (Fsp3) is 0.211. The Balaban J connectivity index is 1.49. The summed E-state index contributed by atoms with van der Waals surface area (Å²) in [6.45, 7) is 3.70. The van der Waals surface area contributed by atoms with Crippen molar-refractivity contribution >= 4 is 45.7 Å². The van der Waals surface area contributed by atoms with Crippen LogP contribution < -0.4 is 10.1 Å². The van der Waals surface area contributed by atoms with Crippen LogP contribution in [0.2, 0.25) is 5.02 Å². The van der Waals surface area contributed by atoms with Crippen molar-refractivity contribution in [3.63, 3.8) is 0 Å². The largest absolute Gasteiger partial charge is 0.484 e. The third-order valence-electron chi connectivity index (χ3n) is 3.64. The van der Waals surface area contributed by atoms with Crippen LogP contribution in [0.3, 0.4) is 0 Å². The molecule has 1 amide bonds. The normalized spacial score (nSPS) is 10.6. The number of hydrogen-bond donors (Lipinski definition) is 1. The van der Waals surface area contributed by atoms with Crippen molar-refractivity contribution in [1.82, 2.24) is 10.2 Å². The molecule has 0 fully saturated rings. The van der Waals surface area contributed by atoms with Gasteiger partial charge in [-0.25, -0.2) is 0 Å². The highest BCUT2D eigenvalue weighted by atomic mass is 35.5. The number of ether oxygens (including phenoxy) is 1. The highest BCUT2D eigenvalue weighted by Crippen LogP contribution is 2.28. The van der Waals surface area contributed by atoms with Crippen LogP contribution in [0, 0.1) is 13.8 Å². The number of benzene rings is 2. The maximum Gasteiger partial charge on any atom is 0.264 e. The minimum absolute atomic E-state index is 0.105. The van der Waals surface area contributed by atoms with E-state index in [0.29, 0.717) is 15.9 Å². The number of anilines is 1. The number of rotatable bonds is 7. The van der Waals surface area contributed by atoms with Crippen molar-refractivity contribution in [2.24, 2.45) is 0 Å². The molecule has 0 unspecified atom stereocenters. The van der Waals surface area contributed by atoms with Crippen molar-refractivity contribution in [3.05, 3.63) is 64.2 Å². The predicted octanol–water partition coefficient (Wildman–Crippen LogP) is 5.12. The lowest BCUT2D eigenvalue weighted by Crippen LogP contribution is -2.20. The maximum absolute atomic E-state index is 12.1. The Labute approximate surface area is 171 Å². The lowest BCUT2D eigenvalue weighted by atomic mass is 10.1. The molecule has 27 heavy (non-hydrogen) atoms. The van der Waals surface area contributed by atoms with Crippen LogP contribution in [0.25, 0.3) is 0 Å². The maximum atomic E-state index is 12.1. The van der Waals surface area contributed by atoms with Gasteiger partial charge in [-0.1, -0.05) is 65.0 Å². The van der Waals surface area contributed by atoms with Crippen LogP contribution in [-0.2, 0) is 10.5 Å². The molecule has 0 aliphatic heterocycles. The lowest BCUT2D eigenvalue weighted by Gasteiger charge is -2.09. The van der Waals surface area contributed by atoms with Crippen LogP contribution in [0.15, 0.2) is 46.8 Å². The number of carbonyl (C=O) groups is 1. The second kappa shape index (κ2) is 9.21. The summed E-state index contributed by atoms with van der Waals surface area (Å²) in [5, 5.41) is 12.0. The molecule has 1 heterocycles. The Kier molecular flexibility index (Phi) is 6.71. The number of nitrogens with zero attached hydrogens (tertiary/aromatic N) is 2. The fourth-order valence-corrected chi connectivity index (χ4v) is 4.16. The molecule has 0 atom stereocenters. The molecule has 140 valence electrons. The van der Waals surface area contributed by atoms with Gasteiger partial charge in [-0.3, -0.25) is 10.1 Å². The number of hydrogen-bond acceptors (Lipinski definition) is 6. The van der Waals surface area contributed by atoms with E-state index in [2.05, 4.69) is 27.6 Å². The summed E-state index contributed by atoms with van der Waals surface area (Å²) in [6, 6.07) is 13.7. The fourth-order valence-electron chi connectivity index (χ4n) is 2.33. The van der Waals surface area contributed by atoms with Gasteiger partial charge in [0.15, 0.2) is 10.9 Å². The van der Waals surface area contributed by atoms with E-state index in [1.807, 2.05) is 44.2 Å². The van der Waals surface area contributed by atoms with Gasteiger partial charge in [0.2, 0.25) is 5.13 Å². The summed E-state index contributed by atoms with van der Waals surface area (Å²) in [6.07, 6.45) is 0. The summed E-state index contributed by atoms with van der Waals surface area (Å²) < 4.78 is 6.35. The second-order valence-corrected chi connectivity index (χ2v) is 8.43. The van der Waals surface area contributed by atoms with Gasteiger partial charge in [0.25, 0.3) is 5.91 Å². The van der Waals surface area contributed by atoms with E-state index in [1.165, 1.54) is 16.9 Å². The molecule has 0 bridgehead atoms. The molecule has 0 saturated carbocycles. The lowest BCUT2D eigenvalue weighted by molar-refractivity contribution is -0.118. The van der Waals surface area contributed by atoms with E-state index in [-0.39, 0.29) is 12.5 Å². The summed E-state index contributed by atoms with van der Waals surface area (Å²) in [4.78, 5) is 12.1. The molecule has 3 aromatic rings. The number of thioether (sulfide) groups is 1. The quantitative estimate of drug-likeness (QED) is 0.425. The zero-order chi connectivity index (χ0) is 19.2. The molecule has 8 heteroatoms. The van der Waals surface area contributed by atoms with Crippen molar-refractivity contribution in [1.29, 1.82) is 0 Å². The van der Waals surface area contributed by atoms with Crippen molar-refractivity contribution in [2.45, 2.75) is 23.9 Å². The summed E-state index contributed by atoms with van der Waals surface area (Å²) in [7, 11) is 0. The van der Waals surface area contributed by atoms with E-state index in [1.54, 1.807) is 11.8 Å². The summed E-state index contributed by atoms with van der Waals surface area (Å²) in [5.74, 6) is 1.14. The van der Waals surface area contributed by atoms with Gasteiger partial charge in [-0.15, -0.1) is 10.2 Å². The van der Waals surface area contributed by atoms with Gasteiger partial charge in [-0.05, 0) is 42.7 Å². The Bertz CT molecular complexity index is 909. The third-order valence-corrected chi connectivity index (χ3v) is 6.28. The Morgan fingerprint density at radius 3 is 2.59 bits per heavy atom. The molecule has 0 saturated heterocycles.